The lowest BCUT2D eigenvalue weighted by Gasteiger charge is -2.34. The number of thiazole rings is 1. The number of thiophene rings is 1. The summed E-state index contributed by atoms with van der Waals surface area (Å²) in [5, 5.41) is 2.85. The van der Waals surface area contributed by atoms with Crippen molar-refractivity contribution in [2.45, 2.75) is 0 Å². The van der Waals surface area contributed by atoms with Crippen molar-refractivity contribution in [3.05, 3.63) is 52.3 Å². The molecule has 156 valence electrons. The van der Waals surface area contributed by atoms with E-state index in [0.717, 1.165) is 9.88 Å². The largest absolute Gasteiger partial charge is 0.493 e. The van der Waals surface area contributed by atoms with Gasteiger partial charge in [0.05, 0.1) is 25.3 Å². The van der Waals surface area contributed by atoms with Gasteiger partial charge in [0.25, 0.3) is 11.8 Å². The van der Waals surface area contributed by atoms with Gasteiger partial charge in [0, 0.05) is 31.7 Å². The maximum Gasteiger partial charge on any atom is 0.265 e. The first kappa shape index (κ1) is 20.4. The Morgan fingerprint density at radius 1 is 0.967 bits per heavy atom. The highest BCUT2D eigenvalue weighted by molar-refractivity contribution is 7.21. The number of rotatable bonds is 5. The Bertz CT molecular complexity index is 1040. The van der Waals surface area contributed by atoms with E-state index in [1.54, 1.807) is 59.8 Å². The van der Waals surface area contributed by atoms with E-state index in [-0.39, 0.29) is 11.8 Å². The molecular formula is C21H21N3O4S2. The summed E-state index contributed by atoms with van der Waals surface area (Å²) in [6.07, 6.45) is 1.64. The molecule has 1 aliphatic rings. The number of carbonyl (C=O) groups is 2. The predicted octanol–water partition coefficient (Wildman–Crippen LogP) is 3.49. The van der Waals surface area contributed by atoms with Gasteiger partial charge in [-0.05, 0) is 29.6 Å². The minimum Gasteiger partial charge on any atom is -0.493 e. The zero-order valence-electron chi connectivity index (χ0n) is 16.7. The third kappa shape index (κ3) is 4.03. The lowest BCUT2D eigenvalue weighted by atomic mass is 10.1. The first-order valence-corrected chi connectivity index (χ1v) is 11.1. The van der Waals surface area contributed by atoms with Crippen molar-refractivity contribution in [1.29, 1.82) is 0 Å². The first-order chi connectivity index (χ1) is 14.6. The van der Waals surface area contributed by atoms with E-state index in [0.29, 0.717) is 48.1 Å². The molecule has 1 aliphatic heterocycles. The van der Waals surface area contributed by atoms with Crippen molar-refractivity contribution < 1.29 is 19.1 Å². The Labute approximate surface area is 182 Å². The summed E-state index contributed by atoms with van der Waals surface area (Å²) in [7, 11) is 3.10. The highest BCUT2D eigenvalue weighted by Gasteiger charge is 2.27. The molecule has 0 atom stereocenters. The second-order valence-corrected chi connectivity index (χ2v) is 8.64. The Morgan fingerprint density at radius 2 is 1.67 bits per heavy atom. The molecule has 0 radical (unpaired) electrons. The van der Waals surface area contributed by atoms with E-state index in [1.807, 2.05) is 17.5 Å². The Morgan fingerprint density at radius 3 is 2.30 bits per heavy atom. The van der Waals surface area contributed by atoms with Gasteiger partial charge in [0.2, 0.25) is 0 Å². The highest BCUT2D eigenvalue weighted by atomic mass is 32.1. The van der Waals surface area contributed by atoms with Crippen LogP contribution in [0.5, 0.6) is 11.5 Å². The molecule has 4 rings (SSSR count). The van der Waals surface area contributed by atoms with Crippen LogP contribution in [0.1, 0.15) is 20.0 Å². The normalized spacial score (nSPS) is 13.9. The minimum absolute atomic E-state index is 0.0338. The molecule has 1 aromatic carbocycles. The van der Waals surface area contributed by atoms with Crippen molar-refractivity contribution in [3.63, 3.8) is 0 Å². The van der Waals surface area contributed by atoms with Crippen molar-refractivity contribution in [2.24, 2.45) is 0 Å². The minimum atomic E-state index is -0.0826. The molecule has 0 N–H and O–H groups in total. The highest BCUT2D eigenvalue weighted by Crippen LogP contribution is 2.30. The monoisotopic (exact) mass is 443 g/mol. The molecule has 7 nitrogen and oxygen atoms in total. The van der Waals surface area contributed by atoms with Crippen LogP contribution >= 0.6 is 22.7 Å². The summed E-state index contributed by atoms with van der Waals surface area (Å²) in [6, 6.07) is 9.10. The van der Waals surface area contributed by atoms with Crippen LogP contribution in [-0.2, 0) is 0 Å². The van der Waals surface area contributed by atoms with Crippen LogP contribution in [0.15, 0.2) is 41.9 Å². The van der Waals surface area contributed by atoms with Gasteiger partial charge in [0.15, 0.2) is 11.5 Å². The summed E-state index contributed by atoms with van der Waals surface area (Å²) in [6.45, 7) is 1.94. The van der Waals surface area contributed by atoms with Crippen molar-refractivity contribution in [3.8, 4) is 21.4 Å². The quantitative estimate of drug-likeness (QED) is 0.604. The number of nitrogens with zero attached hydrogens (tertiary/aromatic N) is 3. The molecule has 0 spiro atoms. The van der Waals surface area contributed by atoms with Crippen LogP contribution in [0, 0.1) is 0 Å². The summed E-state index contributed by atoms with van der Waals surface area (Å²) < 4.78 is 10.5. The molecule has 0 saturated carbocycles. The second-order valence-electron chi connectivity index (χ2n) is 6.66. The average molecular weight is 444 g/mol. The standard InChI is InChI=1S/C21H21N3O4S2/c1-27-15-6-5-14(12-16(15)28-2)20(25)23-7-9-24(10-8-23)21(26)18-13-22-19(30-18)17-4-3-11-29-17/h3-6,11-13H,7-10H2,1-2H3. The molecule has 0 bridgehead atoms. The number of aromatic nitrogens is 1. The maximum atomic E-state index is 12.9. The van der Waals surface area contributed by atoms with Gasteiger partial charge in [-0.1, -0.05) is 6.07 Å². The van der Waals surface area contributed by atoms with Gasteiger partial charge >= 0.3 is 0 Å². The number of benzene rings is 1. The van der Waals surface area contributed by atoms with Crippen LogP contribution in [0.2, 0.25) is 0 Å². The number of ether oxygens (including phenoxy) is 2. The van der Waals surface area contributed by atoms with Crippen LogP contribution in [0.25, 0.3) is 9.88 Å². The number of amides is 2. The number of carbonyl (C=O) groups excluding carboxylic acids is 2. The summed E-state index contributed by atoms with van der Waals surface area (Å²) in [5.74, 6) is 0.981. The maximum absolute atomic E-state index is 12.9. The van der Waals surface area contributed by atoms with Crippen molar-refractivity contribution in [1.82, 2.24) is 14.8 Å². The van der Waals surface area contributed by atoms with E-state index in [1.165, 1.54) is 11.3 Å². The van der Waals surface area contributed by atoms with Gasteiger partial charge in [-0.15, -0.1) is 22.7 Å². The van der Waals surface area contributed by atoms with Crippen molar-refractivity contribution >= 4 is 34.5 Å². The summed E-state index contributed by atoms with van der Waals surface area (Å²) in [4.78, 5) is 35.3. The zero-order chi connectivity index (χ0) is 21.1. The molecule has 0 unspecified atom stereocenters. The van der Waals surface area contributed by atoms with E-state index in [2.05, 4.69) is 4.98 Å². The Balaban J connectivity index is 1.39. The fourth-order valence-electron chi connectivity index (χ4n) is 3.31. The summed E-state index contributed by atoms with van der Waals surface area (Å²) >= 11 is 3.01. The van der Waals surface area contributed by atoms with Gasteiger partial charge < -0.3 is 19.3 Å². The molecule has 3 aromatic rings. The molecule has 2 aromatic heterocycles. The van der Waals surface area contributed by atoms with E-state index in [9.17, 15) is 9.59 Å². The van der Waals surface area contributed by atoms with Gasteiger partial charge in [-0.25, -0.2) is 4.98 Å². The Kier molecular flexibility index (Phi) is 6.01. The number of piperazine rings is 1. The predicted molar refractivity (Wildman–Crippen MR) is 117 cm³/mol. The number of hydrogen-bond acceptors (Lipinski definition) is 7. The summed E-state index contributed by atoms with van der Waals surface area (Å²) in [5.41, 5.74) is 0.537. The van der Waals surface area contributed by atoms with E-state index < -0.39 is 0 Å². The molecule has 30 heavy (non-hydrogen) atoms. The number of hydrogen-bond donors (Lipinski definition) is 0. The third-order valence-corrected chi connectivity index (χ3v) is 6.96. The molecule has 9 heteroatoms. The molecule has 2 amide bonds. The van der Waals surface area contributed by atoms with Gasteiger partial charge in [-0.3, -0.25) is 9.59 Å². The van der Waals surface area contributed by atoms with E-state index in [4.69, 9.17) is 9.47 Å². The van der Waals surface area contributed by atoms with Crippen molar-refractivity contribution in [2.75, 3.05) is 40.4 Å². The fraction of sp³-hybridized carbons (Fsp3) is 0.286. The first-order valence-electron chi connectivity index (χ1n) is 9.41. The molecule has 3 heterocycles. The molecule has 1 fully saturated rings. The van der Waals surface area contributed by atoms with Crippen LogP contribution in [-0.4, -0.2) is 67.0 Å². The molecule has 1 saturated heterocycles. The Hall–Kier alpha value is -2.91. The van der Waals surface area contributed by atoms with Gasteiger partial charge in [-0.2, -0.15) is 0 Å². The smallest absolute Gasteiger partial charge is 0.265 e. The van der Waals surface area contributed by atoms with Gasteiger partial charge in [0.1, 0.15) is 9.88 Å². The zero-order valence-corrected chi connectivity index (χ0v) is 18.3. The lowest BCUT2D eigenvalue weighted by molar-refractivity contribution is 0.0538. The van der Waals surface area contributed by atoms with Crippen LogP contribution in [0.3, 0.4) is 0 Å². The second kappa shape index (κ2) is 8.85. The number of methoxy groups -OCH3 is 2. The topological polar surface area (TPSA) is 72.0 Å². The van der Waals surface area contributed by atoms with E-state index >= 15 is 0 Å². The van der Waals surface area contributed by atoms with Crippen LogP contribution in [0.4, 0.5) is 0 Å². The molecular weight excluding hydrogens is 422 g/mol. The fourth-order valence-corrected chi connectivity index (χ4v) is 5.00. The SMILES string of the molecule is COc1ccc(C(=O)N2CCN(C(=O)c3cnc(-c4cccs4)s3)CC2)cc1OC. The van der Waals surface area contributed by atoms with Crippen LogP contribution < -0.4 is 9.47 Å². The third-order valence-electron chi connectivity index (χ3n) is 4.93. The lowest BCUT2D eigenvalue weighted by Crippen LogP contribution is -2.50. The average Bonchev–Trinajstić information content (AvgIpc) is 3.49. The molecule has 0 aliphatic carbocycles.